The average molecular weight is 219 g/mol. The number of aromatic nitrogens is 1. The van der Waals surface area contributed by atoms with Gasteiger partial charge in [0.15, 0.2) is 0 Å². The van der Waals surface area contributed by atoms with Crippen molar-refractivity contribution >= 4 is 0 Å². The van der Waals surface area contributed by atoms with Crippen molar-refractivity contribution in [2.75, 3.05) is 0 Å². The third kappa shape index (κ3) is 1.94. The second kappa shape index (κ2) is 4.00. The molecule has 1 aromatic carbocycles. The number of halogens is 2. The van der Waals surface area contributed by atoms with E-state index in [1.165, 1.54) is 19.1 Å². The summed E-state index contributed by atoms with van der Waals surface area (Å²) in [5.74, 6) is -1.06. The molecule has 82 valence electrons. The summed E-state index contributed by atoms with van der Waals surface area (Å²) in [5, 5.41) is 0. The lowest BCUT2D eigenvalue weighted by molar-refractivity contribution is 0.569. The van der Waals surface area contributed by atoms with Crippen molar-refractivity contribution in [2.24, 2.45) is 0 Å². The van der Waals surface area contributed by atoms with E-state index in [1.54, 1.807) is 12.3 Å². The topological polar surface area (TPSA) is 12.9 Å². The van der Waals surface area contributed by atoms with Gasteiger partial charge in [-0.2, -0.15) is 0 Å². The SMILES string of the molecule is Cc1ccc(-c2cc(F)c(C)c(F)c2)cn1. The molecule has 1 nitrogen and oxygen atoms in total. The fraction of sp³-hybridized carbons (Fsp3) is 0.154. The number of hydrogen-bond acceptors (Lipinski definition) is 1. The van der Waals surface area contributed by atoms with Gasteiger partial charge in [-0.05, 0) is 37.6 Å². The molecule has 0 fully saturated rings. The van der Waals surface area contributed by atoms with Crippen LogP contribution in [0.1, 0.15) is 11.3 Å². The maximum atomic E-state index is 13.3. The smallest absolute Gasteiger partial charge is 0.129 e. The van der Waals surface area contributed by atoms with Crippen LogP contribution in [0.5, 0.6) is 0 Å². The monoisotopic (exact) mass is 219 g/mol. The van der Waals surface area contributed by atoms with E-state index in [0.29, 0.717) is 11.1 Å². The summed E-state index contributed by atoms with van der Waals surface area (Å²) in [7, 11) is 0. The van der Waals surface area contributed by atoms with Gasteiger partial charge in [0, 0.05) is 23.0 Å². The number of benzene rings is 1. The van der Waals surface area contributed by atoms with E-state index >= 15 is 0 Å². The van der Waals surface area contributed by atoms with Crippen LogP contribution in [0.25, 0.3) is 11.1 Å². The Morgan fingerprint density at radius 1 is 0.938 bits per heavy atom. The maximum Gasteiger partial charge on any atom is 0.129 e. The Kier molecular flexibility index (Phi) is 2.69. The van der Waals surface area contributed by atoms with Crippen LogP contribution in [0, 0.1) is 25.5 Å². The van der Waals surface area contributed by atoms with E-state index < -0.39 is 11.6 Å². The summed E-state index contributed by atoms with van der Waals surface area (Å²) in [5.41, 5.74) is 2.14. The van der Waals surface area contributed by atoms with Crippen LogP contribution in [0.15, 0.2) is 30.5 Å². The largest absolute Gasteiger partial charge is 0.261 e. The highest BCUT2D eigenvalue weighted by atomic mass is 19.1. The molecule has 0 N–H and O–H groups in total. The van der Waals surface area contributed by atoms with Crippen LogP contribution in [-0.4, -0.2) is 4.98 Å². The second-order valence-electron chi connectivity index (χ2n) is 3.75. The highest BCUT2D eigenvalue weighted by Crippen LogP contribution is 2.23. The molecule has 1 heterocycles. The molecule has 16 heavy (non-hydrogen) atoms. The minimum atomic E-state index is -0.532. The highest BCUT2D eigenvalue weighted by molar-refractivity contribution is 5.63. The zero-order chi connectivity index (χ0) is 11.7. The van der Waals surface area contributed by atoms with Gasteiger partial charge < -0.3 is 0 Å². The first-order chi connectivity index (χ1) is 7.58. The van der Waals surface area contributed by atoms with Crippen LogP contribution in [0.2, 0.25) is 0 Å². The first-order valence-electron chi connectivity index (χ1n) is 4.96. The van der Waals surface area contributed by atoms with Crippen molar-refractivity contribution in [3.05, 3.63) is 53.4 Å². The number of aryl methyl sites for hydroxylation is 1. The fourth-order valence-electron chi connectivity index (χ4n) is 1.45. The van der Waals surface area contributed by atoms with Crippen molar-refractivity contribution in [3.8, 4) is 11.1 Å². The average Bonchev–Trinajstić information content (AvgIpc) is 2.26. The summed E-state index contributed by atoms with van der Waals surface area (Å²) in [4.78, 5) is 4.09. The molecule has 0 aliphatic heterocycles. The van der Waals surface area contributed by atoms with Crippen LogP contribution < -0.4 is 0 Å². The lowest BCUT2D eigenvalue weighted by Crippen LogP contribution is -1.91. The van der Waals surface area contributed by atoms with Crippen molar-refractivity contribution in [2.45, 2.75) is 13.8 Å². The summed E-state index contributed by atoms with van der Waals surface area (Å²) in [6, 6.07) is 6.26. The lowest BCUT2D eigenvalue weighted by Gasteiger charge is -2.05. The maximum absolute atomic E-state index is 13.3. The van der Waals surface area contributed by atoms with Gasteiger partial charge in [-0.15, -0.1) is 0 Å². The standard InChI is InChI=1S/C13H11F2N/c1-8-3-4-10(7-16-8)11-5-12(14)9(2)13(15)6-11/h3-7H,1-2H3. The minimum absolute atomic E-state index is 0.0452. The zero-order valence-corrected chi connectivity index (χ0v) is 9.09. The number of nitrogens with zero attached hydrogens (tertiary/aromatic N) is 1. The fourth-order valence-corrected chi connectivity index (χ4v) is 1.45. The van der Waals surface area contributed by atoms with Crippen molar-refractivity contribution < 1.29 is 8.78 Å². The van der Waals surface area contributed by atoms with Crippen LogP contribution in [0.4, 0.5) is 8.78 Å². The molecule has 0 aliphatic rings. The Bertz CT molecular complexity index is 495. The van der Waals surface area contributed by atoms with Crippen molar-refractivity contribution in [3.63, 3.8) is 0 Å². The third-order valence-electron chi connectivity index (χ3n) is 2.53. The molecule has 0 amide bonds. The Hall–Kier alpha value is -1.77. The molecule has 0 atom stereocenters. The van der Waals surface area contributed by atoms with E-state index in [1.807, 2.05) is 13.0 Å². The van der Waals surface area contributed by atoms with Crippen LogP contribution in [-0.2, 0) is 0 Å². The van der Waals surface area contributed by atoms with E-state index in [9.17, 15) is 8.78 Å². The Morgan fingerprint density at radius 2 is 1.56 bits per heavy atom. The molecule has 0 radical (unpaired) electrons. The molecule has 2 rings (SSSR count). The van der Waals surface area contributed by atoms with Crippen LogP contribution in [0.3, 0.4) is 0 Å². The van der Waals surface area contributed by atoms with Crippen molar-refractivity contribution in [1.29, 1.82) is 0 Å². The molecule has 0 unspecified atom stereocenters. The molecule has 1 aromatic heterocycles. The lowest BCUT2D eigenvalue weighted by atomic mass is 10.0. The second-order valence-corrected chi connectivity index (χ2v) is 3.75. The molecule has 0 aliphatic carbocycles. The molecule has 0 saturated heterocycles. The molecular formula is C13H11F2N. The predicted molar refractivity (Wildman–Crippen MR) is 59.1 cm³/mol. The number of rotatable bonds is 1. The predicted octanol–water partition coefficient (Wildman–Crippen LogP) is 3.64. The van der Waals surface area contributed by atoms with E-state index in [0.717, 1.165) is 5.69 Å². The first kappa shape index (κ1) is 10.7. The molecular weight excluding hydrogens is 208 g/mol. The summed E-state index contributed by atoms with van der Waals surface area (Å²) < 4.78 is 26.7. The van der Waals surface area contributed by atoms with Crippen molar-refractivity contribution in [1.82, 2.24) is 4.98 Å². The quantitative estimate of drug-likeness (QED) is 0.713. The summed E-state index contributed by atoms with van der Waals surface area (Å²) in [6.45, 7) is 3.28. The van der Waals surface area contributed by atoms with Gasteiger partial charge in [-0.25, -0.2) is 8.78 Å². The Balaban J connectivity index is 2.52. The Labute approximate surface area is 92.8 Å². The zero-order valence-electron chi connectivity index (χ0n) is 9.09. The van der Waals surface area contributed by atoms with Gasteiger partial charge in [0.2, 0.25) is 0 Å². The molecule has 2 aromatic rings. The van der Waals surface area contributed by atoms with E-state index in [2.05, 4.69) is 4.98 Å². The van der Waals surface area contributed by atoms with Crippen LogP contribution >= 0.6 is 0 Å². The van der Waals surface area contributed by atoms with Gasteiger partial charge in [0.25, 0.3) is 0 Å². The normalized spacial score (nSPS) is 10.5. The van der Waals surface area contributed by atoms with Gasteiger partial charge in [-0.3, -0.25) is 4.98 Å². The van der Waals surface area contributed by atoms with Gasteiger partial charge in [-0.1, -0.05) is 6.07 Å². The molecule has 3 heteroatoms. The van der Waals surface area contributed by atoms with Gasteiger partial charge in [0.1, 0.15) is 11.6 Å². The van der Waals surface area contributed by atoms with E-state index in [4.69, 9.17) is 0 Å². The van der Waals surface area contributed by atoms with E-state index in [-0.39, 0.29) is 5.56 Å². The molecule has 0 bridgehead atoms. The van der Waals surface area contributed by atoms with Gasteiger partial charge >= 0.3 is 0 Å². The Morgan fingerprint density at radius 3 is 2.06 bits per heavy atom. The summed E-state index contributed by atoms with van der Waals surface area (Å²) in [6.07, 6.45) is 1.61. The third-order valence-corrected chi connectivity index (χ3v) is 2.53. The number of pyridine rings is 1. The molecule has 0 saturated carbocycles. The number of hydrogen-bond donors (Lipinski definition) is 0. The first-order valence-corrected chi connectivity index (χ1v) is 4.96. The minimum Gasteiger partial charge on any atom is -0.261 e. The van der Waals surface area contributed by atoms with Gasteiger partial charge in [0.05, 0.1) is 0 Å². The summed E-state index contributed by atoms with van der Waals surface area (Å²) >= 11 is 0. The molecule has 0 spiro atoms. The highest BCUT2D eigenvalue weighted by Gasteiger charge is 2.08.